The molecule has 158 valence electrons. The van der Waals surface area contributed by atoms with Gasteiger partial charge in [-0.1, -0.05) is 57.6 Å². The lowest BCUT2D eigenvalue weighted by Crippen LogP contribution is -2.30. The van der Waals surface area contributed by atoms with E-state index in [0.29, 0.717) is 19.3 Å². The molecule has 0 aromatic heterocycles. The van der Waals surface area contributed by atoms with Crippen LogP contribution in [-0.4, -0.2) is 57.9 Å². The number of unbranched alkanes of at least 4 members (excludes halogenated alkanes) is 5. The molecule has 0 amide bonds. The molecule has 27 heavy (non-hydrogen) atoms. The predicted octanol–water partition coefficient (Wildman–Crippen LogP) is 2.33. The number of esters is 1. The number of carbonyl (C=O) groups is 1. The van der Waals surface area contributed by atoms with Gasteiger partial charge in [0.05, 0.1) is 25.4 Å². The largest absolute Gasteiger partial charge is 0.469 e. The molecule has 0 saturated heterocycles. The van der Waals surface area contributed by atoms with Crippen LogP contribution in [0.5, 0.6) is 0 Å². The Kier molecular flexibility index (Phi) is 11.8. The van der Waals surface area contributed by atoms with E-state index >= 15 is 0 Å². The van der Waals surface area contributed by atoms with Crippen LogP contribution < -0.4 is 0 Å². The number of hydrogen-bond acceptors (Lipinski definition) is 6. The number of aliphatic hydroxyl groups is 4. The van der Waals surface area contributed by atoms with Gasteiger partial charge in [-0.05, 0) is 25.2 Å². The lowest BCUT2D eigenvalue weighted by Gasteiger charge is -2.20. The van der Waals surface area contributed by atoms with Gasteiger partial charge in [0.15, 0.2) is 0 Å². The Morgan fingerprint density at radius 3 is 2.37 bits per heavy atom. The third kappa shape index (κ3) is 8.30. The third-order valence-corrected chi connectivity index (χ3v) is 5.58. The van der Waals surface area contributed by atoms with Gasteiger partial charge in [0.25, 0.3) is 0 Å². The van der Waals surface area contributed by atoms with Gasteiger partial charge in [0, 0.05) is 12.3 Å². The maximum atomic E-state index is 11.1. The molecule has 1 aliphatic rings. The summed E-state index contributed by atoms with van der Waals surface area (Å²) in [6, 6.07) is 0. The maximum Gasteiger partial charge on any atom is 0.305 e. The standard InChI is InChI=1S/C21H38O6/c1-3-4-7-10-15(22)13-14-17-16(19(24)21(26)20(17)25)11-8-5-6-9-12-18(23)27-2/h13-17,19-22,24-26H,3-12H2,1-2H3/b14-13+/t15-,16-,17-,19-,20+,21-/m1/s1. The van der Waals surface area contributed by atoms with Crippen molar-refractivity contribution in [2.45, 2.75) is 95.5 Å². The Morgan fingerprint density at radius 2 is 1.70 bits per heavy atom. The second kappa shape index (κ2) is 13.3. The van der Waals surface area contributed by atoms with E-state index in [1.165, 1.54) is 7.11 Å². The summed E-state index contributed by atoms with van der Waals surface area (Å²) >= 11 is 0. The van der Waals surface area contributed by atoms with Gasteiger partial charge in [0.2, 0.25) is 0 Å². The minimum atomic E-state index is -1.15. The van der Waals surface area contributed by atoms with Crippen molar-refractivity contribution in [2.24, 2.45) is 11.8 Å². The molecule has 0 spiro atoms. The van der Waals surface area contributed by atoms with E-state index in [-0.39, 0.29) is 17.8 Å². The summed E-state index contributed by atoms with van der Waals surface area (Å²) in [5.41, 5.74) is 0. The summed E-state index contributed by atoms with van der Waals surface area (Å²) in [6.45, 7) is 2.11. The highest BCUT2D eigenvalue weighted by molar-refractivity contribution is 5.68. The molecule has 0 aromatic carbocycles. The Hall–Kier alpha value is -0.950. The highest BCUT2D eigenvalue weighted by Crippen LogP contribution is 2.37. The van der Waals surface area contributed by atoms with Crippen LogP contribution in [0.1, 0.15) is 71.1 Å². The quantitative estimate of drug-likeness (QED) is 0.220. The van der Waals surface area contributed by atoms with Gasteiger partial charge < -0.3 is 25.2 Å². The highest BCUT2D eigenvalue weighted by atomic mass is 16.5. The average molecular weight is 387 g/mol. The third-order valence-electron chi connectivity index (χ3n) is 5.58. The predicted molar refractivity (Wildman–Crippen MR) is 104 cm³/mol. The van der Waals surface area contributed by atoms with Crippen LogP contribution in [0.25, 0.3) is 0 Å². The fourth-order valence-electron chi connectivity index (χ4n) is 3.84. The second-order valence-electron chi connectivity index (χ2n) is 7.69. The number of aliphatic hydroxyl groups excluding tert-OH is 4. The van der Waals surface area contributed by atoms with Crippen LogP contribution in [-0.2, 0) is 9.53 Å². The number of rotatable bonds is 13. The molecule has 1 fully saturated rings. The molecular weight excluding hydrogens is 348 g/mol. The van der Waals surface area contributed by atoms with E-state index in [1.807, 2.05) is 0 Å². The van der Waals surface area contributed by atoms with E-state index in [4.69, 9.17) is 0 Å². The normalized spacial score (nSPS) is 29.3. The first-order valence-corrected chi connectivity index (χ1v) is 10.4. The molecule has 6 heteroatoms. The van der Waals surface area contributed by atoms with Crippen LogP contribution in [0, 0.1) is 11.8 Å². The lowest BCUT2D eigenvalue weighted by atomic mass is 9.88. The van der Waals surface area contributed by atoms with Crippen molar-refractivity contribution >= 4 is 5.97 Å². The van der Waals surface area contributed by atoms with Crippen LogP contribution >= 0.6 is 0 Å². The molecular formula is C21H38O6. The number of ether oxygens (including phenoxy) is 1. The van der Waals surface area contributed by atoms with Crippen molar-refractivity contribution in [1.82, 2.24) is 0 Å². The van der Waals surface area contributed by atoms with Gasteiger partial charge in [-0.25, -0.2) is 0 Å². The fourth-order valence-corrected chi connectivity index (χ4v) is 3.84. The summed E-state index contributed by atoms with van der Waals surface area (Å²) in [6.07, 6.45) is 8.15. The number of carbonyl (C=O) groups excluding carboxylic acids is 1. The molecule has 1 saturated carbocycles. The molecule has 1 rings (SSSR count). The van der Waals surface area contributed by atoms with Crippen molar-refractivity contribution in [1.29, 1.82) is 0 Å². The molecule has 0 aliphatic heterocycles. The van der Waals surface area contributed by atoms with Crippen molar-refractivity contribution in [3.8, 4) is 0 Å². The first-order chi connectivity index (χ1) is 12.9. The van der Waals surface area contributed by atoms with Gasteiger partial charge in [-0.15, -0.1) is 0 Å². The molecule has 4 N–H and O–H groups in total. The summed E-state index contributed by atoms with van der Waals surface area (Å²) in [4.78, 5) is 11.1. The topological polar surface area (TPSA) is 107 Å². The second-order valence-corrected chi connectivity index (χ2v) is 7.69. The molecule has 0 aromatic rings. The Labute approximate surface area is 163 Å². The zero-order chi connectivity index (χ0) is 20.2. The first-order valence-electron chi connectivity index (χ1n) is 10.4. The average Bonchev–Trinajstić information content (AvgIpc) is 2.86. The Morgan fingerprint density at radius 1 is 1.00 bits per heavy atom. The fraction of sp³-hybridized carbons (Fsp3) is 0.857. The van der Waals surface area contributed by atoms with Gasteiger partial charge in [-0.3, -0.25) is 4.79 Å². The van der Waals surface area contributed by atoms with E-state index < -0.39 is 24.4 Å². The molecule has 1 aliphatic carbocycles. The smallest absolute Gasteiger partial charge is 0.305 e. The summed E-state index contributed by atoms with van der Waals surface area (Å²) in [5.74, 6) is -0.782. The minimum Gasteiger partial charge on any atom is -0.469 e. The van der Waals surface area contributed by atoms with Crippen molar-refractivity contribution in [3.63, 3.8) is 0 Å². The Bertz CT molecular complexity index is 438. The lowest BCUT2D eigenvalue weighted by molar-refractivity contribution is -0.140. The monoisotopic (exact) mass is 386 g/mol. The van der Waals surface area contributed by atoms with Crippen LogP contribution in [0.15, 0.2) is 12.2 Å². The van der Waals surface area contributed by atoms with Crippen LogP contribution in [0.2, 0.25) is 0 Å². The zero-order valence-corrected chi connectivity index (χ0v) is 16.8. The van der Waals surface area contributed by atoms with Crippen LogP contribution in [0.4, 0.5) is 0 Å². The summed E-state index contributed by atoms with van der Waals surface area (Å²) < 4.78 is 4.61. The van der Waals surface area contributed by atoms with E-state index in [1.54, 1.807) is 12.2 Å². The molecule has 0 heterocycles. The molecule has 6 atom stereocenters. The minimum absolute atomic E-state index is 0.199. The molecule has 0 radical (unpaired) electrons. The summed E-state index contributed by atoms with van der Waals surface area (Å²) in [5, 5.41) is 40.6. The number of hydrogen-bond donors (Lipinski definition) is 4. The van der Waals surface area contributed by atoms with Crippen molar-refractivity contribution < 1.29 is 30.0 Å². The van der Waals surface area contributed by atoms with Crippen molar-refractivity contribution in [3.05, 3.63) is 12.2 Å². The molecule has 0 bridgehead atoms. The zero-order valence-electron chi connectivity index (χ0n) is 16.8. The maximum absolute atomic E-state index is 11.1. The molecule has 6 nitrogen and oxygen atoms in total. The first kappa shape index (κ1) is 24.1. The van der Waals surface area contributed by atoms with E-state index in [9.17, 15) is 25.2 Å². The Balaban J connectivity index is 2.45. The van der Waals surface area contributed by atoms with E-state index in [2.05, 4.69) is 11.7 Å². The van der Waals surface area contributed by atoms with Crippen LogP contribution in [0.3, 0.4) is 0 Å². The number of methoxy groups -OCH3 is 1. The SMILES string of the molecule is CCCCC[C@@H](O)/C=C/[C@H]1[C@H](O)[C@H](O)[C@H](O)[C@@H]1CCCCCCC(=O)OC. The van der Waals surface area contributed by atoms with Gasteiger partial charge >= 0.3 is 5.97 Å². The van der Waals surface area contributed by atoms with E-state index in [0.717, 1.165) is 44.9 Å². The molecule has 0 unspecified atom stereocenters. The summed E-state index contributed by atoms with van der Waals surface area (Å²) in [7, 11) is 1.38. The highest BCUT2D eigenvalue weighted by Gasteiger charge is 2.46. The van der Waals surface area contributed by atoms with Crippen molar-refractivity contribution in [2.75, 3.05) is 7.11 Å². The van der Waals surface area contributed by atoms with Gasteiger partial charge in [0.1, 0.15) is 6.10 Å². The van der Waals surface area contributed by atoms with Gasteiger partial charge in [-0.2, -0.15) is 0 Å².